The SMILES string of the molecule is CC(C)CC(C)(CN)N1CCc2ccc(F)cc21. The highest BCUT2D eigenvalue weighted by Crippen LogP contribution is 2.36. The molecule has 0 amide bonds. The molecule has 1 atom stereocenters. The van der Waals surface area contributed by atoms with Gasteiger partial charge >= 0.3 is 0 Å². The van der Waals surface area contributed by atoms with Gasteiger partial charge in [0.25, 0.3) is 0 Å². The number of rotatable bonds is 4. The lowest BCUT2D eigenvalue weighted by Gasteiger charge is -2.41. The number of halogens is 1. The summed E-state index contributed by atoms with van der Waals surface area (Å²) in [4.78, 5) is 2.30. The van der Waals surface area contributed by atoms with Gasteiger partial charge in [-0.05, 0) is 43.4 Å². The van der Waals surface area contributed by atoms with Crippen LogP contribution < -0.4 is 10.6 Å². The van der Waals surface area contributed by atoms with Gasteiger partial charge in [-0.25, -0.2) is 4.39 Å². The zero-order valence-corrected chi connectivity index (χ0v) is 11.5. The Hall–Kier alpha value is -1.09. The minimum Gasteiger partial charge on any atom is -0.364 e. The zero-order chi connectivity index (χ0) is 13.3. The molecular formula is C15H23FN2. The Bertz CT molecular complexity index is 431. The van der Waals surface area contributed by atoms with E-state index >= 15 is 0 Å². The summed E-state index contributed by atoms with van der Waals surface area (Å²) >= 11 is 0. The predicted molar refractivity (Wildman–Crippen MR) is 74.4 cm³/mol. The van der Waals surface area contributed by atoms with Crippen LogP contribution >= 0.6 is 0 Å². The van der Waals surface area contributed by atoms with E-state index in [0.29, 0.717) is 12.5 Å². The molecule has 0 bridgehead atoms. The topological polar surface area (TPSA) is 29.3 Å². The largest absolute Gasteiger partial charge is 0.364 e. The maximum absolute atomic E-state index is 13.4. The molecule has 2 N–H and O–H groups in total. The number of hydrogen-bond donors (Lipinski definition) is 1. The first-order chi connectivity index (χ1) is 8.46. The summed E-state index contributed by atoms with van der Waals surface area (Å²) in [6.07, 6.45) is 2.02. The standard InChI is InChI=1S/C15H23FN2/c1-11(2)9-15(3,10-17)18-7-6-12-4-5-13(16)8-14(12)18/h4-5,8,11H,6-7,9-10,17H2,1-3H3. The summed E-state index contributed by atoms with van der Waals surface area (Å²) < 4.78 is 13.4. The molecule has 3 heteroatoms. The summed E-state index contributed by atoms with van der Waals surface area (Å²) in [6.45, 7) is 8.14. The van der Waals surface area contributed by atoms with Crippen LogP contribution in [0, 0.1) is 11.7 Å². The minimum absolute atomic E-state index is 0.0762. The third-order valence-electron chi connectivity index (χ3n) is 3.88. The van der Waals surface area contributed by atoms with E-state index in [0.717, 1.165) is 25.1 Å². The number of hydrogen-bond acceptors (Lipinski definition) is 2. The first-order valence-electron chi connectivity index (χ1n) is 6.72. The number of nitrogens with zero attached hydrogens (tertiary/aromatic N) is 1. The minimum atomic E-state index is -0.162. The van der Waals surface area contributed by atoms with Gasteiger partial charge in [0.1, 0.15) is 5.82 Å². The molecule has 18 heavy (non-hydrogen) atoms. The number of benzene rings is 1. The second-order valence-corrected chi connectivity index (χ2v) is 5.97. The smallest absolute Gasteiger partial charge is 0.125 e. The Balaban J connectivity index is 2.33. The van der Waals surface area contributed by atoms with E-state index < -0.39 is 0 Å². The summed E-state index contributed by atoms with van der Waals surface area (Å²) in [7, 11) is 0. The summed E-state index contributed by atoms with van der Waals surface area (Å²) in [5.41, 5.74) is 8.19. The van der Waals surface area contributed by atoms with Gasteiger partial charge in [-0.3, -0.25) is 0 Å². The molecule has 0 aromatic heterocycles. The molecule has 0 aliphatic carbocycles. The van der Waals surface area contributed by atoms with Crippen molar-refractivity contribution in [3.05, 3.63) is 29.6 Å². The Morgan fingerprint density at radius 2 is 2.17 bits per heavy atom. The number of anilines is 1. The molecule has 1 aliphatic rings. The fraction of sp³-hybridized carbons (Fsp3) is 0.600. The quantitative estimate of drug-likeness (QED) is 0.890. The molecular weight excluding hydrogens is 227 g/mol. The second kappa shape index (κ2) is 4.88. The van der Waals surface area contributed by atoms with Crippen LogP contribution in [0.5, 0.6) is 0 Å². The lowest BCUT2D eigenvalue weighted by molar-refractivity contribution is 0.353. The monoisotopic (exact) mass is 250 g/mol. The average molecular weight is 250 g/mol. The molecule has 1 aromatic rings. The molecule has 100 valence electrons. The van der Waals surface area contributed by atoms with E-state index in [2.05, 4.69) is 25.7 Å². The Morgan fingerprint density at radius 1 is 1.44 bits per heavy atom. The van der Waals surface area contributed by atoms with E-state index in [1.54, 1.807) is 12.1 Å². The van der Waals surface area contributed by atoms with Crippen molar-refractivity contribution < 1.29 is 4.39 Å². The number of fused-ring (bicyclic) bond motifs is 1. The zero-order valence-electron chi connectivity index (χ0n) is 11.5. The van der Waals surface area contributed by atoms with Crippen LogP contribution in [-0.4, -0.2) is 18.6 Å². The van der Waals surface area contributed by atoms with Crippen molar-refractivity contribution >= 4 is 5.69 Å². The molecule has 1 aromatic carbocycles. The average Bonchev–Trinajstić information content (AvgIpc) is 2.71. The van der Waals surface area contributed by atoms with Crippen LogP contribution in [0.2, 0.25) is 0 Å². The maximum Gasteiger partial charge on any atom is 0.125 e. The lowest BCUT2D eigenvalue weighted by Crippen LogP contribution is -2.52. The van der Waals surface area contributed by atoms with E-state index in [1.807, 2.05) is 6.07 Å². The van der Waals surface area contributed by atoms with Crippen molar-refractivity contribution in [2.75, 3.05) is 18.0 Å². The second-order valence-electron chi connectivity index (χ2n) is 5.97. The molecule has 1 heterocycles. The van der Waals surface area contributed by atoms with Gasteiger partial charge in [0, 0.05) is 24.3 Å². The molecule has 1 aliphatic heterocycles. The Kier molecular flexibility index (Phi) is 3.62. The molecule has 0 radical (unpaired) electrons. The van der Waals surface area contributed by atoms with Crippen LogP contribution in [0.25, 0.3) is 0 Å². The molecule has 0 saturated carbocycles. The highest BCUT2D eigenvalue weighted by Gasteiger charge is 2.35. The van der Waals surface area contributed by atoms with Crippen LogP contribution in [-0.2, 0) is 6.42 Å². The van der Waals surface area contributed by atoms with Gasteiger partial charge in [-0.1, -0.05) is 19.9 Å². The normalized spacial score (nSPS) is 18.0. The third kappa shape index (κ3) is 2.37. The fourth-order valence-electron chi connectivity index (χ4n) is 3.10. The first-order valence-corrected chi connectivity index (χ1v) is 6.72. The fourth-order valence-corrected chi connectivity index (χ4v) is 3.10. The van der Waals surface area contributed by atoms with Gasteiger partial charge in [-0.2, -0.15) is 0 Å². The van der Waals surface area contributed by atoms with Crippen molar-refractivity contribution in [1.29, 1.82) is 0 Å². The van der Waals surface area contributed by atoms with E-state index in [-0.39, 0.29) is 11.4 Å². The van der Waals surface area contributed by atoms with Crippen LogP contribution in [0.4, 0.5) is 10.1 Å². The number of nitrogens with two attached hydrogens (primary N) is 1. The summed E-state index contributed by atoms with van der Waals surface area (Å²) in [5.74, 6) is 0.417. The van der Waals surface area contributed by atoms with E-state index in [9.17, 15) is 4.39 Å². The highest BCUT2D eigenvalue weighted by molar-refractivity contribution is 5.60. The van der Waals surface area contributed by atoms with E-state index in [1.165, 1.54) is 5.56 Å². The highest BCUT2D eigenvalue weighted by atomic mass is 19.1. The van der Waals surface area contributed by atoms with E-state index in [4.69, 9.17) is 5.73 Å². The molecule has 0 fully saturated rings. The summed E-state index contributed by atoms with van der Waals surface area (Å²) in [5, 5.41) is 0. The van der Waals surface area contributed by atoms with Crippen LogP contribution in [0.15, 0.2) is 18.2 Å². The third-order valence-corrected chi connectivity index (χ3v) is 3.88. The molecule has 2 nitrogen and oxygen atoms in total. The van der Waals surface area contributed by atoms with Crippen molar-refractivity contribution in [2.24, 2.45) is 11.7 Å². The molecule has 0 spiro atoms. The van der Waals surface area contributed by atoms with Crippen LogP contribution in [0.3, 0.4) is 0 Å². The van der Waals surface area contributed by atoms with Crippen molar-refractivity contribution in [3.63, 3.8) is 0 Å². The van der Waals surface area contributed by atoms with Crippen LogP contribution in [0.1, 0.15) is 32.8 Å². The Labute approximate surface area is 109 Å². The van der Waals surface area contributed by atoms with Crippen molar-refractivity contribution in [1.82, 2.24) is 0 Å². The first kappa shape index (κ1) is 13.3. The van der Waals surface area contributed by atoms with Crippen molar-refractivity contribution in [2.45, 2.75) is 39.2 Å². The van der Waals surface area contributed by atoms with Gasteiger partial charge < -0.3 is 10.6 Å². The van der Waals surface area contributed by atoms with Gasteiger partial charge in [0.2, 0.25) is 0 Å². The van der Waals surface area contributed by atoms with Gasteiger partial charge in [0.15, 0.2) is 0 Å². The maximum atomic E-state index is 13.4. The predicted octanol–water partition coefficient (Wildman–Crippen LogP) is 2.95. The molecule has 2 rings (SSSR count). The molecule has 0 saturated heterocycles. The van der Waals surface area contributed by atoms with Gasteiger partial charge in [0.05, 0.1) is 0 Å². The van der Waals surface area contributed by atoms with Crippen molar-refractivity contribution in [3.8, 4) is 0 Å². The summed E-state index contributed by atoms with van der Waals surface area (Å²) in [6, 6.07) is 5.10. The molecule has 1 unspecified atom stereocenters. The Morgan fingerprint density at radius 3 is 2.78 bits per heavy atom. The lowest BCUT2D eigenvalue weighted by atomic mass is 9.89. The van der Waals surface area contributed by atoms with Gasteiger partial charge in [-0.15, -0.1) is 0 Å².